The van der Waals surface area contributed by atoms with Crippen LogP contribution in [0.15, 0.2) is 72.0 Å². The molecule has 8 heteroatoms. The third kappa shape index (κ3) is 7.14. The van der Waals surface area contributed by atoms with E-state index in [-0.39, 0.29) is 24.3 Å². The van der Waals surface area contributed by atoms with Gasteiger partial charge in [-0.15, -0.1) is 0 Å². The largest absolute Gasteiger partial charge is 0.384 e. The standard InChI is InChI=1S/C32H36ClFN4O2/c1-4-5-8-24(18-35-21(2)32(40)15-13-26(14-16-32)38-22(3)39)23-11-12-30-27(17-23)31(28(33)20-36-30)37-19-25-9-6-7-10-29(25)34/h5-12,17-18,20,26,40H,4,13-16,19H2,1-3H3,(H,36,37)(H,38,39)/b8-5+,24-18+,35-21?. The number of aliphatic imine (C=N–C) groups is 1. The van der Waals surface area contributed by atoms with Gasteiger partial charge >= 0.3 is 0 Å². The van der Waals surface area contributed by atoms with Crippen molar-refractivity contribution in [2.24, 2.45) is 4.99 Å². The lowest BCUT2D eigenvalue weighted by atomic mass is 9.79. The molecule has 3 N–H and O–H groups in total. The van der Waals surface area contributed by atoms with Crippen LogP contribution in [0.25, 0.3) is 16.5 Å². The van der Waals surface area contributed by atoms with Crippen LogP contribution in [0.1, 0.15) is 64.0 Å². The predicted molar refractivity (Wildman–Crippen MR) is 162 cm³/mol. The number of benzene rings is 2. The van der Waals surface area contributed by atoms with E-state index in [1.807, 2.05) is 31.2 Å². The maximum atomic E-state index is 14.2. The first-order chi connectivity index (χ1) is 19.2. The maximum Gasteiger partial charge on any atom is 0.217 e. The molecule has 1 aliphatic rings. The molecule has 1 amide bonds. The highest BCUT2D eigenvalue weighted by molar-refractivity contribution is 6.34. The number of hydrogen-bond acceptors (Lipinski definition) is 5. The third-order valence-electron chi connectivity index (χ3n) is 7.39. The van der Waals surface area contributed by atoms with Crippen molar-refractivity contribution in [3.63, 3.8) is 0 Å². The van der Waals surface area contributed by atoms with E-state index in [1.165, 1.54) is 13.0 Å². The van der Waals surface area contributed by atoms with Gasteiger partial charge in [-0.05, 0) is 68.4 Å². The first-order valence-corrected chi connectivity index (χ1v) is 14.0. The van der Waals surface area contributed by atoms with Crippen molar-refractivity contribution in [2.75, 3.05) is 5.32 Å². The molecule has 6 nitrogen and oxygen atoms in total. The van der Waals surface area contributed by atoms with E-state index >= 15 is 0 Å². The smallest absolute Gasteiger partial charge is 0.217 e. The second-order valence-corrected chi connectivity index (χ2v) is 10.7. The fraction of sp³-hybridized carbons (Fsp3) is 0.344. The topological polar surface area (TPSA) is 86.6 Å². The summed E-state index contributed by atoms with van der Waals surface area (Å²) in [5, 5.41) is 18.8. The minimum Gasteiger partial charge on any atom is -0.384 e. The van der Waals surface area contributed by atoms with Gasteiger partial charge in [0.05, 0.1) is 16.2 Å². The molecule has 0 saturated heterocycles. The summed E-state index contributed by atoms with van der Waals surface area (Å²) < 4.78 is 14.2. The summed E-state index contributed by atoms with van der Waals surface area (Å²) >= 11 is 6.55. The van der Waals surface area contributed by atoms with Gasteiger partial charge in [0.2, 0.25) is 5.91 Å². The van der Waals surface area contributed by atoms with Gasteiger partial charge in [-0.2, -0.15) is 0 Å². The zero-order valence-corrected chi connectivity index (χ0v) is 23.9. The summed E-state index contributed by atoms with van der Waals surface area (Å²) in [5.41, 5.74) is 3.41. The van der Waals surface area contributed by atoms with Crippen LogP contribution in [0.3, 0.4) is 0 Å². The molecule has 210 valence electrons. The van der Waals surface area contributed by atoms with Crippen LogP contribution >= 0.6 is 11.6 Å². The fourth-order valence-electron chi connectivity index (χ4n) is 4.99. The highest BCUT2D eigenvalue weighted by Gasteiger charge is 2.35. The van der Waals surface area contributed by atoms with Gasteiger partial charge in [0.25, 0.3) is 0 Å². The van der Waals surface area contributed by atoms with Crippen LogP contribution in [0.2, 0.25) is 5.02 Å². The molecule has 0 unspecified atom stereocenters. The molecule has 40 heavy (non-hydrogen) atoms. The van der Waals surface area contributed by atoms with E-state index in [9.17, 15) is 14.3 Å². The van der Waals surface area contributed by atoms with Crippen molar-refractivity contribution in [1.29, 1.82) is 0 Å². The number of carbonyl (C=O) groups is 1. The van der Waals surface area contributed by atoms with E-state index in [4.69, 9.17) is 16.6 Å². The summed E-state index contributed by atoms with van der Waals surface area (Å²) in [6.07, 6.45) is 10.8. The Labute approximate surface area is 240 Å². The second-order valence-electron chi connectivity index (χ2n) is 10.3. The first-order valence-electron chi connectivity index (χ1n) is 13.7. The van der Waals surface area contributed by atoms with E-state index < -0.39 is 5.60 Å². The SMILES string of the molecule is CC/C=C/C(=C\N=C(C)C1(O)CCC(NC(C)=O)CC1)c1ccc2ncc(Cl)c(NCc3ccccc3F)c2c1. The Kier molecular flexibility index (Phi) is 9.71. The zero-order chi connectivity index (χ0) is 28.7. The molecule has 0 bridgehead atoms. The van der Waals surface area contributed by atoms with Gasteiger partial charge in [0, 0.05) is 48.6 Å². The van der Waals surface area contributed by atoms with E-state index in [1.54, 1.807) is 30.6 Å². The number of carbonyl (C=O) groups excluding carboxylic acids is 1. The maximum absolute atomic E-state index is 14.2. The molecular weight excluding hydrogens is 527 g/mol. The summed E-state index contributed by atoms with van der Waals surface area (Å²) in [5.74, 6) is -0.327. The van der Waals surface area contributed by atoms with E-state index in [2.05, 4.69) is 28.6 Å². The van der Waals surface area contributed by atoms with Crippen LogP contribution in [-0.2, 0) is 11.3 Å². The molecule has 0 atom stereocenters. The zero-order valence-electron chi connectivity index (χ0n) is 23.2. The minimum atomic E-state index is -1.00. The molecule has 0 spiro atoms. The van der Waals surface area contributed by atoms with Crippen molar-refractivity contribution in [3.8, 4) is 0 Å². The van der Waals surface area contributed by atoms with Crippen LogP contribution in [0.4, 0.5) is 10.1 Å². The van der Waals surface area contributed by atoms with Crippen molar-refractivity contribution < 1.29 is 14.3 Å². The monoisotopic (exact) mass is 562 g/mol. The number of rotatable bonds is 9. The van der Waals surface area contributed by atoms with Gasteiger partial charge in [-0.1, -0.05) is 54.9 Å². The lowest BCUT2D eigenvalue weighted by Gasteiger charge is -2.36. The first kappa shape index (κ1) is 29.4. The number of fused-ring (bicyclic) bond motifs is 1. The molecule has 4 rings (SSSR count). The van der Waals surface area contributed by atoms with Gasteiger partial charge < -0.3 is 15.7 Å². The Morgan fingerprint density at radius 3 is 2.67 bits per heavy atom. The average molecular weight is 563 g/mol. The predicted octanol–water partition coefficient (Wildman–Crippen LogP) is 7.22. The molecule has 1 aromatic heterocycles. The highest BCUT2D eigenvalue weighted by atomic mass is 35.5. The van der Waals surface area contributed by atoms with Crippen molar-refractivity contribution in [2.45, 2.75) is 71.1 Å². The highest BCUT2D eigenvalue weighted by Crippen LogP contribution is 2.33. The van der Waals surface area contributed by atoms with Crippen molar-refractivity contribution in [3.05, 3.63) is 89.0 Å². The molecular formula is C32H36ClFN4O2. The summed E-state index contributed by atoms with van der Waals surface area (Å²) in [6.45, 7) is 5.71. The number of halogens is 2. The summed E-state index contributed by atoms with van der Waals surface area (Å²) in [7, 11) is 0. The Morgan fingerprint density at radius 2 is 1.98 bits per heavy atom. The average Bonchev–Trinajstić information content (AvgIpc) is 2.94. The quantitative estimate of drug-likeness (QED) is 0.190. The van der Waals surface area contributed by atoms with E-state index in [0.29, 0.717) is 47.7 Å². The van der Waals surface area contributed by atoms with Gasteiger partial charge in [-0.3, -0.25) is 14.8 Å². The van der Waals surface area contributed by atoms with E-state index in [0.717, 1.165) is 28.5 Å². The molecule has 1 heterocycles. The summed E-state index contributed by atoms with van der Waals surface area (Å²) in [4.78, 5) is 20.6. The van der Waals surface area contributed by atoms with Crippen LogP contribution < -0.4 is 10.6 Å². The number of aromatic nitrogens is 1. The molecule has 0 radical (unpaired) electrons. The van der Waals surface area contributed by atoms with Gasteiger partial charge in [0.15, 0.2) is 0 Å². The Morgan fingerprint density at radius 1 is 1.23 bits per heavy atom. The number of amides is 1. The van der Waals surface area contributed by atoms with Crippen LogP contribution in [0.5, 0.6) is 0 Å². The normalized spacial score (nSPS) is 20.2. The Hall–Kier alpha value is -3.55. The number of pyridine rings is 1. The summed E-state index contributed by atoms with van der Waals surface area (Å²) in [6, 6.07) is 12.6. The van der Waals surface area contributed by atoms with Crippen LogP contribution in [-0.4, -0.2) is 33.4 Å². The van der Waals surface area contributed by atoms with Gasteiger partial charge in [0.1, 0.15) is 11.4 Å². The molecule has 1 saturated carbocycles. The number of aliphatic hydroxyl groups is 1. The third-order valence-corrected chi connectivity index (χ3v) is 7.68. The molecule has 3 aromatic rings. The minimum absolute atomic E-state index is 0.0476. The molecule has 0 aliphatic heterocycles. The Balaban J connectivity index is 1.64. The van der Waals surface area contributed by atoms with Crippen LogP contribution in [0, 0.1) is 5.82 Å². The van der Waals surface area contributed by atoms with Gasteiger partial charge in [-0.25, -0.2) is 4.39 Å². The number of nitrogens with one attached hydrogen (secondary N) is 2. The number of hydrogen-bond donors (Lipinski definition) is 3. The molecule has 1 aliphatic carbocycles. The lowest BCUT2D eigenvalue weighted by Crippen LogP contribution is -2.46. The fourth-order valence-corrected chi connectivity index (χ4v) is 5.20. The second kappa shape index (κ2) is 13.2. The number of anilines is 1. The lowest BCUT2D eigenvalue weighted by molar-refractivity contribution is -0.120. The molecule has 1 fully saturated rings. The molecule has 2 aromatic carbocycles. The number of nitrogens with zero attached hydrogens (tertiary/aromatic N) is 2. The van der Waals surface area contributed by atoms with Crippen molar-refractivity contribution in [1.82, 2.24) is 10.3 Å². The Bertz CT molecular complexity index is 1460. The van der Waals surface area contributed by atoms with Crippen molar-refractivity contribution >= 4 is 45.4 Å². The number of allylic oxidation sites excluding steroid dienone is 3.